The normalized spacial score (nSPS) is 10.7. The number of methoxy groups -OCH3 is 1. The predicted molar refractivity (Wildman–Crippen MR) is 74.2 cm³/mol. The van der Waals surface area contributed by atoms with Crippen molar-refractivity contribution in [3.05, 3.63) is 21.7 Å². The lowest BCUT2D eigenvalue weighted by atomic mass is 10.3. The van der Waals surface area contributed by atoms with E-state index in [1.807, 2.05) is 6.92 Å². The number of thiazole rings is 1. The monoisotopic (exact) mass is 298 g/mol. The largest absolute Gasteiger partial charge is 0.469 e. The highest BCUT2D eigenvalue weighted by Crippen LogP contribution is 2.30. The second-order valence-electron chi connectivity index (χ2n) is 3.98. The van der Waals surface area contributed by atoms with Crippen molar-refractivity contribution in [1.82, 2.24) is 9.38 Å². The fraction of sp³-hybridized carbons (Fsp3) is 0.455. The molecule has 2 rings (SSSR count). The summed E-state index contributed by atoms with van der Waals surface area (Å²) in [4.78, 5) is 28.5. The number of fused-ring (bicyclic) bond motifs is 1. The number of ether oxygens (including phenoxy) is 1. The molecule has 20 heavy (non-hydrogen) atoms. The zero-order valence-electron chi connectivity index (χ0n) is 11.1. The maximum atomic E-state index is 11.2. The number of imidazole rings is 1. The Morgan fingerprint density at radius 3 is 3.00 bits per heavy atom. The number of rotatable bonds is 6. The lowest BCUT2D eigenvalue weighted by Crippen LogP contribution is -2.27. The Hall–Kier alpha value is -2.16. The summed E-state index contributed by atoms with van der Waals surface area (Å²) in [6.07, 6.45) is 1.77. The van der Waals surface area contributed by atoms with E-state index in [-0.39, 0.29) is 24.0 Å². The van der Waals surface area contributed by atoms with Gasteiger partial charge in [0.15, 0.2) is 0 Å². The van der Waals surface area contributed by atoms with Crippen LogP contribution >= 0.6 is 11.3 Å². The van der Waals surface area contributed by atoms with Crippen molar-refractivity contribution in [3.63, 3.8) is 0 Å². The van der Waals surface area contributed by atoms with Gasteiger partial charge in [0.2, 0.25) is 5.82 Å². The number of carbonyl (C=O) groups is 1. The first-order chi connectivity index (χ1) is 9.58. The van der Waals surface area contributed by atoms with Gasteiger partial charge in [-0.3, -0.25) is 4.79 Å². The van der Waals surface area contributed by atoms with E-state index in [1.165, 1.54) is 22.8 Å². The maximum Gasteiger partial charge on any atom is 0.373 e. The summed E-state index contributed by atoms with van der Waals surface area (Å²) in [6, 6.07) is 0. The van der Waals surface area contributed by atoms with Gasteiger partial charge in [0.1, 0.15) is 6.20 Å². The van der Waals surface area contributed by atoms with E-state index in [0.29, 0.717) is 18.1 Å². The molecular formula is C11H14N4O4S. The summed E-state index contributed by atoms with van der Waals surface area (Å²) in [5, 5.41) is 13.0. The van der Waals surface area contributed by atoms with Crippen LogP contribution in [0.5, 0.6) is 0 Å². The number of anilines is 1. The molecule has 0 aromatic carbocycles. The summed E-state index contributed by atoms with van der Waals surface area (Å²) in [6.45, 7) is 2.70. The van der Waals surface area contributed by atoms with Crippen LogP contribution in [-0.4, -0.2) is 40.5 Å². The van der Waals surface area contributed by atoms with Crippen LogP contribution < -0.4 is 4.90 Å². The van der Waals surface area contributed by atoms with Crippen molar-refractivity contribution in [1.29, 1.82) is 0 Å². The quantitative estimate of drug-likeness (QED) is 0.458. The number of carbonyl (C=O) groups excluding carboxylic acids is 1. The Labute approximate surface area is 118 Å². The van der Waals surface area contributed by atoms with Crippen LogP contribution in [0.3, 0.4) is 0 Å². The van der Waals surface area contributed by atoms with Crippen molar-refractivity contribution < 1.29 is 14.5 Å². The molecule has 0 saturated carbocycles. The van der Waals surface area contributed by atoms with Crippen LogP contribution in [0.15, 0.2) is 11.6 Å². The van der Waals surface area contributed by atoms with E-state index in [2.05, 4.69) is 9.72 Å². The molecule has 0 radical (unpaired) electrons. The SMILES string of the molecule is CCN(CCC(=O)OC)c1nc2sccn2c1[N+](=O)[O-]. The number of esters is 1. The Bertz CT molecular complexity index is 635. The van der Waals surface area contributed by atoms with E-state index >= 15 is 0 Å². The van der Waals surface area contributed by atoms with Crippen LogP contribution in [-0.2, 0) is 9.53 Å². The fourth-order valence-electron chi connectivity index (χ4n) is 1.89. The molecule has 0 spiro atoms. The number of nitro groups is 1. The topological polar surface area (TPSA) is 90.0 Å². The molecule has 0 bridgehead atoms. The van der Waals surface area contributed by atoms with Gasteiger partial charge in [-0.05, 0) is 11.8 Å². The van der Waals surface area contributed by atoms with E-state index in [4.69, 9.17) is 0 Å². The third-order valence-corrected chi connectivity index (χ3v) is 3.64. The molecule has 0 atom stereocenters. The summed E-state index contributed by atoms with van der Waals surface area (Å²) < 4.78 is 6.02. The van der Waals surface area contributed by atoms with Crippen LogP contribution in [0.2, 0.25) is 0 Å². The molecule has 0 aliphatic carbocycles. The van der Waals surface area contributed by atoms with Crippen LogP contribution in [0.1, 0.15) is 13.3 Å². The van der Waals surface area contributed by atoms with Gasteiger partial charge < -0.3 is 19.8 Å². The lowest BCUT2D eigenvalue weighted by molar-refractivity contribution is -0.389. The van der Waals surface area contributed by atoms with Crippen LogP contribution in [0.4, 0.5) is 11.6 Å². The number of nitrogens with zero attached hydrogens (tertiary/aromatic N) is 4. The van der Waals surface area contributed by atoms with E-state index in [9.17, 15) is 14.9 Å². The zero-order valence-corrected chi connectivity index (χ0v) is 11.9. The molecule has 0 amide bonds. The van der Waals surface area contributed by atoms with Gasteiger partial charge >= 0.3 is 11.8 Å². The summed E-state index contributed by atoms with van der Waals surface area (Å²) in [7, 11) is 1.31. The molecule has 2 aromatic heterocycles. The van der Waals surface area contributed by atoms with Crippen molar-refractivity contribution in [2.75, 3.05) is 25.1 Å². The fourth-order valence-corrected chi connectivity index (χ4v) is 2.59. The van der Waals surface area contributed by atoms with Gasteiger partial charge in [-0.2, -0.15) is 9.38 Å². The lowest BCUT2D eigenvalue weighted by Gasteiger charge is -2.18. The predicted octanol–water partition coefficient (Wildman–Crippen LogP) is 1.69. The minimum atomic E-state index is -0.456. The van der Waals surface area contributed by atoms with E-state index in [0.717, 1.165) is 0 Å². The molecule has 0 saturated heterocycles. The molecule has 108 valence electrons. The molecular weight excluding hydrogens is 284 g/mol. The van der Waals surface area contributed by atoms with Gasteiger partial charge in [-0.15, -0.1) is 0 Å². The first-order valence-electron chi connectivity index (χ1n) is 6.00. The Morgan fingerprint density at radius 2 is 2.40 bits per heavy atom. The van der Waals surface area contributed by atoms with E-state index in [1.54, 1.807) is 16.5 Å². The van der Waals surface area contributed by atoms with Gasteiger partial charge in [-0.25, -0.2) is 0 Å². The van der Waals surface area contributed by atoms with Crippen molar-refractivity contribution in [2.24, 2.45) is 0 Å². The Balaban J connectivity index is 2.33. The average Bonchev–Trinajstić information content (AvgIpc) is 2.98. The smallest absolute Gasteiger partial charge is 0.373 e. The molecule has 0 fully saturated rings. The third kappa shape index (κ3) is 2.57. The van der Waals surface area contributed by atoms with Crippen molar-refractivity contribution >= 4 is 33.9 Å². The first kappa shape index (κ1) is 14.3. The molecule has 2 aromatic rings. The molecule has 0 aliphatic heterocycles. The average molecular weight is 298 g/mol. The first-order valence-corrected chi connectivity index (χ1v) is 6.88. The molecule has 9 heteroatoms. The summed E-state index contributed by atoms with van der Waals surface area (Å²) >= 11 is 1.33. The number of hydrogen-bond donors (Lipinski definition) is 0. The molecule has 0 unspecified atom stereocenters. The maximum absolute atomic E-state index is 11.2. The number of hydrogen-bond acceptors (Lipinski definition) is 7. The zero-order chi connectivity index (χ0) is 14.7. The van der Waals surface area contributed by atoms with Gasteiger partial charge in [0, 0.05) is 18.5 Å². The molecule has 8 nitrogen and oxygen atoms in total. The highest BCUT2D eigenvalue weighted by Gasteiger charge is 2.27. The highest BCUT2D eigenvalue weighted by atomic mass is 32.1. The number of aromatic nitrogens is 2. The summed E-state index contributed by atoms with van der Waals surface area (Å²) in [5.41, 5.74) is 0. The second-order valence-corrected chi connectivity index (χ2v) is 4.85. The van der Waals surface area contributed by atoms with Gasteiger partial charge in [0.05, 0.1) is 13.5 Å². The molecule has 0 aliphatic rings. The highest BCUT2D eigenvalue weighted by molar-refractivity contribution is 7.15. The van der Waals surface area contributed by atoms with Crippen LogP contribution in [0, 0.1) is 10.1 Å². The second kappa shape index (κ2) is 5.87. The standard InChI is InChI=1S/C11H14N4O4S/c1-3-13(5-4-8(16)19-2)9-10(15(17)18)14-6-7-20-11(14)12-9/h6-7H,3-5H2,1-2H3. The minimum Gasteiger partial charge on any atom is -0.469 e. The third-order valence-electron chi connectivity index (χ3n) is 2.89. The Kier molecular flexibility index (Phi) is 4.18. The van der Waals surface area contributed by atoms with Gasteiger partial charge in [0.25, 0.3) is 4.96 Å². The van der Waals surface area contributed by atoms with Gasteiger partial charge in [-0.1, -0.05) is 11.3 Å². The van der Waals surface area contributed by atoms with E-state index < -0.39 is 4.92 Å². The van der Waals surface area contributed by atoms with Crippen molar-refractivity contribution in [2.45, 2.75) is 13.3 Å². The molecule has 0 N–H and O–H groups in total. The van der Waals surface area contributed by atoms with Crippen molar-refractivity contribution in [3.8, 4) is 0 Å². The van der Waals surface area contributed by atoms with Crippen LogP contribution in [0.25, 0.3) is 4.96 Å². The minimum absolute atomic E-state index is 0.0760. The Morgan fingerprint density at radius 1 is 1.65 bits per heavy atom. The summed E-state index contributed by atoms with van der Waals surface area (Å²) in [5.74, 6) is -0.145. The molecule has 2 heterocycles.